The Morgan fingerprint density at radius 2 is 1.95 bits per heavy atom. The smallest absolute Gasteiger partial charge is 0.250 e. The Kier molecular flexibility index (Phi) is 6.95. The number of carbonyl (C=O) groups excluding carboxylic acids is 2. The van der Waals surface area contributed by atoms with Crippen LogP contribution in [0, 0.1) is 0 Å². The number of piperidine rings is 1. The van der Waals surface area contributed by atoms with E-state index in [2.05, 4.69) is 22.4 Å². The second kappa shape index (κ2) is 10.0. The van der Waals surface area contributed by atoms with Crippen LogP contribution in [0.3, 0.4) is 0 Å². The Morgan fingerprint density at radius 1 is 1.19 bits per heavy atom. The van der Waals surface area contributed by atoms with Crippen LogP contribution in [0.1, 0.15) is 66.4 Å². The number of fused-ring (bicyclic) bond motifs is 1. The lowest BCUT2D eigenvalue weighted by Crippen LogP contribution is -2.51. The van der Waals surface area contributed by atoms with Crippen molar-refractivity contribution in [1.82, 2.24) is 14.6 Å². The predicted molar refractivity (Wildman–Crippen MR) is 145 cm³/mol. The highest BCUT2D eigenvalue weighted by atomic mass is 32.2. The highest BCUT2D eigenvalue weighted by molar-refractivity contribution is 7.89. The summed E-state index contributed by atoms with van der Waals surface area (Å²) in [6.45, 7) is 3.25. The van der Waals surface area contributed by atoms with Gasteiger partial charge in [0, 0.05) is 31.2 Å². The van der Waals surface area contributed by atoms with Crippen molar-refractivity contribution in [1.29, 1.82) is 0 Å². The van der Waals surface area contributed by atoms with Crippen LogP contribution >= 0.6 is 0 Å². The number of aromatic nitrogens is 1. The highest BCUT2D eigenvalue weighted by Gasteiger charge is 2.36. The van der Waals surface area contributed by atoms with Crippen LogP contribution < -0.4 is 11.1 Å². The summed E-state index contributed by atoms with van der Waals surface area (Å²) >= 11 is 0. The van der Waals surface area contributed by atoms with Gasteiger partial charge in [-0.3, -0.25) is 4.79 Å². The zero-order valence-electron chi connectivity index (χ0n) is 21.1. The monoisotopic (exact) mass is 522 g/mol. The summed E-state index contributed by atoms with van der Waals surface area (Å²) < 4.78 is 26.2. The van der Waals surface area contributed by atoms with Crippen LogP contribution in [0.15, 0.2) is 42.6 Å². The van der Waals surface area contributed by atoms with Gasteiger partial charge in [-0.2, -0.15) is 0 Å². The van der Waals surface area contributed by atoms with E-state index < -0.39 is 21.5 Å². The maximum Gasteiger partial charge on any atom is 0.250 e. The average Bonchev–Trinajstić information content (AvgIpc) is 3.32. The first kappa shape index (κ1) is 25.6. The van der Waals surface area contributed by atoms with Crippen molar-refractivity contribution in [2.75, 3.05) is 18.8 Å². The molecule has 196 valence electrons. The normalized spacial score (nSPS) is 18.5. The molecule has 0 bridgehead atoms. The molecule has 1 aliphatic heterocycles. The summed E-state index contributed by atoms with van der Waals surface area (Å²) in [7, 11) is -3.19. The summed E-state index contributed by atoms with van der Waals surface area (Å²) in [5, 5.41) is 4.35. The van der Waals surface area contributed by atoms with Crippen LogP contribution in [0.2, 0.25) is 0 Å². The summed E-state index contributed by atoms with van der Waals surface area (Å²) in [5.41, 5.74) is 10.5. The Morgan fingerprint density at radius 3 is 2.57 bits per heavy atom. The van der Waals surface area contributed by atoms with Crippen molar-refractivity contribution in [3.05, 3.63) is 59.3 Å². The minimum absolute atomic E-state index is 0.112. The largest absolute Gasteiger partial charge is 0.366 e. The van der Waals surface area contributed by atoms with Gasteiger partial charge < -0.3 is 20.8 Å². The van der Waals surface area contributed by atoms with Gasteiger partial charge >= 0.3 is 0 Å². The fraction of sp³-hybridized carbons (Fsp3) is 0.429. The first-order chi connectivity index (χ1) is 17.7. The molecule has 1 amide bonds. The second-order valence-electron chi connectivity index (χ2n) is 10.3. The van der Waals surface area contributed by atoms with Gasteiger partial charge in [-0.05, 0) is 85.4 Å². The number of amides is 1. The average molecular weight is 523 g/mol. The molecule has 1 saturated carbocycles. The van der Waals surface area contributed by atoms with E-state index in [-0.39, 0.29) is 11.7 Å². The maximum absolute atomic E-state index is 12.4. The molecule has 9 heteroatoms. The molecule has 1 aliphatic carbocycles. The van der Waals surface area contributed by atoms with Gasteiger partial charge in [-0.1, -0.05) is 18.2 Å². The molecule has 2 heterocycles. The van der Waals surface area contributed by atoms with Gasteiger partial charge in [0.15, 0.2) is 0 Å². The van der Waals surface area contributed by atoms with Gasteiger partial charge in [0.1, 0.15) is 6.29 Å². The van der Waals surface area contributed by atoms with Crippen LogP contribution in [-0.4, -0.2) is 54.3 Å². The van der Waals surface area contributed by atoms with Crippen LogP contribution in [-0.2, 0) is 21.4 Å². The Bertz CT molecular complexity index is 1430. The first-order valence-corrected chi connectivity index (χ1v) is 14.6. The molecule has 4 N–H and O–H groups in total. The quantitative estimate of drug-likeness (QED) is 0.370. The number of aldehydes is 1. The molecule has 5 rings (SSSR count). The van der Waals surface area contributed by atoms with Crippen molar-refractivity contribution in [3.63, 3.8) is 0 Å². The topological polar surface area (TPSA) is 125 Å². The molecule has 1 saturated heterocycles. The van der Waals surface area contributed by atoms with Gasteiger partial charge in [-0.25, -0.2) is 12.7 Å². The van der Waals surface area contributed by atoms with Gasteiger partial charge in [0.2, 0.25) is 10.0 Å². The zero-order valence-corrected chi connectivity index (χ0v) is 21.9. The Labute approximate surface area is 217 Å². The summed E-state index contributed by atoms with van der Waals surface area (Å²) in [6.07, 6.45) is 7.22. The minimum atomic E-state index is -3.19. The number of nitrogens with zero attached hydrogens (tertiary/aromatic N) is 1. The summed E-state index contributed by atoms with van der Waals surface area (Å²) in [4.78, 5) is 27.2. The van der Waals surface area contributed by atoms with Gasteiger partial charge in [0.05, 0.1) is 22.4 Å². The lowest BCUT2D eigenvalue weighted by atomic mass is 9.78. The standard InChI is InChI=1S/C28H34N4O4S/c1-2-37(35,36)32-11-7-20(8-12-32)25-17-30-26-23(25)14-22(15-24(26)27(29)34)21-6-3-5-19(13-21)16-31-28(18-33)9-4-10-28/h3,5-6,13-15,17-18,20,30-31H,2,4,7-12,16H2,1H3,(H2,29,34). The van der Waals surface area contributed by atoms with Crippen LogP contribution in [0.4, 0.5) is 0 Å². The molecule has 0 spiro atoms. The van der Waals surface area contributed by atoms with Crippen molar-refractivity contribution in [2.45, 2.75) is 57.0 Å². The van der Waals surface area contributed by atoms with Gasteiger partial charge in [0.25, 0.3) is 5.91 Å². The number of sulfonamides is 1. The van der Waals surface area contributed by atoms with E-state index in [0.29, 0.717) is 30.7 Å². The number of rotatable bonds is 9. The number of carbonyl (C=O) groups is 2. The molecule has 3 aromatic rings. The van der Waals surface area contributed by atoms with E-state index in [1.165, 1.54) is 0 Å². The molecule has 2 fully saturated rings. The van der Waals surface area contributed by atoms with E-state index in [1.807, 2.05) is 30.5 Å². The summed E-state index contributed by atoms with van der Waals surface area (Å²) in [6, 6.07) is 12.0. The molecule has 2 aromatic carbocycles. The van der Waals surface area contributed by atoms with Crippen LogP contribution in [0.5, 0.6) is 0 Å². The molecule has 8 nitrogen and oxygen atoms in total. The number of H-pyrrole nitrogens is 1. The molecule has 0 radical (unpaired) electrons. The van der Waals surface area contributed by atoms with Crippen molar-refractivity contribution < 1.29 is 18.0 Å². The number of hydrogen-bond acceptors (Lipinski definition) is 5. The predicted octanol–water partition coefficient (Wildman–Crippen LogP) is 3.67. The molecule has 0 atom stereocenters. The highest BCUT2D eigenvalue weighted by Crippen LogP contribution is 2.37. The number of aromatic amines is 1. The van der Waals surface area contributed by atoms with Crippen molar-refractivity contribution in [2.24, 2.45) is 5.73 Å². The molecular formula is C28H34N4O4S. The maximum atomic E-state index is 12.4. The lowest BCUT2D eigenvalue weighted by molar-refractivity contribution is -0.116. The fourth-order valence-electron chi connectivity index (χ4n) is 5.61. The number of nitrogens with two attached hydrogens (primary N) is 1. The third kappa shape index (κ3) is 4.95. The van der Waals surface area contributed by atoms with E-state index in [4.69, 9.17) is 5.73 Å². The van der Waals surface area contributed by atoms with Gasteiger partial charge in [-0.15, -0.1) is 0 Å². The summed E-state index contributed by atoms with van der Waals surface area (Å²) in [5.74, 6) is -0.203. The van der Waals surface area contributed by atoms with Crippen molar-refractivity contribution >= 4 is 33.1 Å². The minimum Gasteiger partial charge on any atom is -0.366 e. The Hall–Kier alpha value is -3.01. The number of primary amides is 1. The third-order valence-corrected chi connectivity index (χ3v) is 10.00. The number of benzene rings is 2. The van der Waals surface area contributed by atoms with E-state index in [1.54, 1.807) is 11.2 Å². The first-order valence-electron chi connectivity index (χ1n) is 13.0. The van der Waals surface area contributed by atoms with E-state index >= 15 is 0 Å². The molecule has 37 heavy (non-hydrogen) atoms. The molecular weight excluding hydrogens is 488 g/mol. The SMILES string of the molecule is CCS(=O)(=O)N1CCC(c2c[nH]c3c(C(N)=O)cc(-c4cccc(CNC5(C=O)CCC5)c4)cc23)CC1. The second-order valence-corrected chi connectivity index (χ2v) is 12.6. The van der Waals surface area contributed by atoms with Crippen LogP contribution in [0.25, 0.3) is 22.0 Å². The molecule has 1 aromatic heterocycles. The van der Waals surface area contributed by atoms with E-state index in [9.17, 15) is 18.0 Å². The van der Waals surface area contributed by atoms with E-state index in [0.717, 1.165) is 66.0 Å². The fourth-order valence-corrected chi connectivity index (χ4v) is 6.74. The lowest BCUT2D eigenvalue weighted by Gasteiger charge is -2.37. The molecule has 2 aliphatic rings. The molecule has 0 unspecified atom stereocenters. The number of nitrogens with one attached hydrogen (secondary N) is 2. The number of hydrogen-bond donors (Lipinski definition) is 3. The zero-order chi connectivity index (χ0) is 26.2. The Balaban J connectivity index is 1.45. The third-order valence-electron chi connectivity index (χ3n) is 8.12. The van der Waals surface area contributed by atoms with Crippen molar-refractivity contribution in [3.8, 4) is 11.1 Å².